The van der Waals surface area contributed by atoms with Gasteiger partial charge >= 0.3 is 6.16 Å². The predicted octanol–water partition coefficient (Wildman–Crippen LogP) is 2.84. The summed E-state index contributed by atoms with van der Waals surface area (Å²) < 4.78 is 34.6. The number of sulfonamides is 1. The zero-order valence-electron chi connectivity index (χ0n) is 20.4. The Morgan fingerprint density at radius 3 is 2.86 bits per heavy atom. The number of nitrogens with one attached hydrogen (secondary N) is 3. The van der Waals surface area contributed by atoms with Crippen LogP contribution in [0.3, 0.4) is 0 Å². The lowest BCUT2D eigenvalue weighted by Gasteiger charge is -2.36. The van der Waals surface area contributed by atoms with E-state index in [1.807, 2.05) is 0 Å². The average molecular weight is 531 g/mol. The molecule has 0 unspecified atom stereocenters. The molecule has 1 fully saturated rings. The Kier molecular flexibility index (Phi) is 8.24. The standard InChI is InChI=1S/C24H30N6O6S/c1-16-10-11-17-6-4-8-19(21(17)28-16)37(34,35)29-18(7-5-12-25-23-26-13-14-27-23)22(31)30-15-3-2-9-20(30)36-24(32)33/h4,6,8,10-11,13-14,18,20,29H,2-3,5,7,9,12,15H2,1H3,(H,32,33)(H2,25,26,27)/t18-,20+/m0/s1. The van der Waals surface area contributed by atoms with E-state index in [1.165, 1.54) is 11.0 Å². The van der Waals surface area contributed by atoms with Gasteiger partial charge < -0.3 is 25.0 Å². The molecule has 12 nitrogen and oxygen atoms in total. The summed E-state index contributed by atoms with van der Waals surface area (Å²) in [7, 11) is -4.16. The molecule has 2 aromatic heterocycles. The number of carboxylic acid groups (broad SMARTS) is 1. The molecule has 13 heteroatoms. The number of aromatic amines is 1. The van der Waals surface area contributed by atoms with Crippen molar-refractivity contribution in [2.24, 2.45) is 0 Å². The highest BCUT2D eigenvalue weighted by molar-refractivity contribution is 7.89. The summed E-state index contributed by atoms with van der Waals surface area (Å²) in [4.78, 5) is 37.5. The molecule has 198 valence electrons. The second-order valence-corrected chi connectivity index (χ2v) is 10.5. The fourth-order valence-corrected chi connectivity index (χ4v) is 5.78. The van der Waals surface area contributed by atoms with Gasteiger partial charge in [-0.15, -0.1) is 0 Å². The first kappa shape index (κ1) is 26.4. The van der Waals surface area contributed by atoms with Crippen molar-refractivity contribution in [1.82, 2.24) is 24.6 Å². The molecule has 0 saturated carbocycles. The molecular weight excluding hydrogens is 500 g/mol. The Bertz CT molecular complexity index is 1350. The highest BCUT2D eigenvalue weighted by Gasteiger charge is 2.36. The number of aromatic nitrogens is 3. The zero-order valence-corrected chi connectivity index (χ0v) is 21.2. The van der Waals surface area contributed by atoms with Crippen LogP contribution in [0.2, 0.25) is 0 Å². The molecule has 1 amide bonds. The molecule has 4 rings (SSSR count). The van der Waals surface area contributed by atoms with Gasteiger partial charge in [-0.3, -0.25) is 9.78 Å². The molecule has 1 aromatic carbocycles. The number of hydrogen-bond acceptors (Lipinski definition) is 8. The van der Waals surface area contributed by atoms with E-state index in [-0.39, 0.29) is 17.9 Å². The third-order valence-corrected chi connectivity index (χ3v) is 7.64. The van der Waals surface area contributed by atoms with Gasteiger partial charge in [-0.2, -0.15) is 4.72 Å². The minimum atomic E-state index is -4.16. The van der Waals surface area contributed by atoms with Crippen LogP contribution >= 0.6 is 0 Å². The van der Waals surface area contributed by atoms with E-state index in [4.69, 9.17) is 9.84 Å². The fraction of sp³-hybridized carbons (Fsp3) is 0.417. The number of carbonyl (C=O) groups excluding carboxylic acids is 1. The Labute approximate surface area is 214 Å². The lowest BCUT2D eigenvalue weighted by Crippen LogP contribution is -2.54. The molecule has 3 heterocycles. The number of pyridine rings is 1. The van der Waals surface area contributed by atoms with Gasteiger partial charge in [0.1, 0.15) is 10.9 Å². The van der Waals surface area contributed by atoms with Gasteiger partial charge in [0.2, 0.25) is 15.9 Å². The molecule has 2 atom stereocenters. The van der Waals surface area contributed by atoms with E-state index in [0.717, 1.165) is 0 Å². The van der Waals surface area contributed by atoms with E-state index < -0.39 is 34.4 Å². The van der Waals surface area contributed by atoms with Crippen LogP contribution in [0, 0.1) is 6.92 Å². The first-order valence-corrected chi connectivity index (χ1v) is 13.5. The van der Waals surface area contributed by atoms with Crippen LogP contribution in [-0.4, -0.2) is 70.8 Å². The number of benzene rings is 1. The van der Waals surface area contributed by atoms with Crippen molar-refractivity contribution in [2.45, 2.75) is 56.2 Å². The Morgan fingerprint density at radius 2 is 2.11 bits per heavy atom. The number of imidazole rings is 1. The summed E-state index contributed by atoms with van der Waals surface area (Å²) >= 11 is 0. The fourth-order valence-electron chi connectivity index (χ4n) is 4.38. The lowest BCUT2D eigenvalue weighted by atomic mass is 10.1. The van der Waals surface area contributed by atoms with E-state index >= 15 is 0 Å². The summed E-state index contributed by atoms with van der Waals surface area (Å²) in [6.45, 7) is 2.48. The second-order valence-electron chi connectivity index (χ2n) is 8.83. The number of H-pyrrole nitrogens is 1. The average Bonchev–Trinajstić information content (AvgIpc) is 3.38. The topological polar surface area (TPSA) is 167 Å². The van der Waals surface area contributed by atoms with Gasteiger partial charge in [-0.25, -0.2) is 18.2 Å². The van der Waals surface area contributed by atoms with Crippen LogP contribution in [-0.2, 0) is 19.6 Å². The Morgan fingerprint density at radius 1 is 1.27 bits per heavy atom. The van der Waals surface area contributed by atoms with Crippen LogP contribution in [0.5, 0.6) is 0 Å². The van der Waals surface area contributed by atoms with Crippen LogP contribution in [0.4, 0.5) is 10.7 Å². The maximum atomic E-state index is 13.6. The number of nitrogens with zero attached hydrogens (tertiary/aromatic N) is 3. The second kappa shape index (κ2) is 11.6. The summed E-state index contributed by atoms with van der Waals surface area (Å²) in [6.07, 6.45) is 3.14. The van der Waals surface area contributed by atoms with Crippen LogP contribution < -0.4 is 10.0 Å². The molecule has 0 aliphatic carbocycles. The van der Waals surface area contributed by atoms with Gasteiger partial charge in [0.25, 0.3) is 0 Å². The maximum absolute atomic E-state index is 13.6. The Hall–Kier alpha value is -3.71. The third kappa shape index (κ3) is 6.54. The van der Waals surface area contributed by atoms with Crippen molar-refractivity contribution < 1.29 is 27.9 Å². The van der Waals surface area contributed by atoms with Crippen molar-refractivity contribution in [3.05, 3.63) is 48.4 Å². The highest BCUT2D eigenvalue weighted by atomic mass is 32.2. The zero-order chi connectivity index (χ0) is 26.4. The quantitative estimate of drug-likeness (QED) is 0.228. The highest BCUT2D eigenvalue weighted by Crippen LogP contribution is 2.24. The molecular formula is C24H30N6O6S. The minimum absolute atomic E-state index is 0.0304. The summed E-state index contributed by atoms with van der Waals surface area (Å²) in [5.41, 5.74) is 0.972. The van der Waals surface area contributed by atoms with Crippen LogP contribution in [0.15, 0.2) is 47.6 Å². The monoisotopic (exact) mass is 530 g/mol. The van der Waals surface area contributed by atoms with Crippen molar-refractivity contribution in [1.29, 1.82) is 0 Å². The maximum Gasteiger partial charge on any atom is 0.507 e. The van der Waals surface area contributed by atoms with Gasteiger partial charge in [-0.05, 0) is 44.7 Å². The number of anilines is 1. The minimum Gasteiger partial charge on any atom is -0.450 e. The third-order valence-electron chi connectivity index (χ3n) is 6.14. The number of rotatable bonds is 10. The molecule has 1 saturated heterocycles. The molecule has 0 bridgehead atoms. The molecule has 0 spiro atoms. The molecule has 3 aromatic rings. The predicted molar refractivity (Wildman–Crippen MR) is 135 cm³/mol. The number of carbonyl (C=O) groups is 2. The number of para-hydroxylation sites is 1. The SMILES string of the molecule is Cc1ccc2cccc(S(=O)(=O)N[C@@H](CCCNc3ncc[nH]3)C(=O)N3CCCC[C@H]3OC(=O)O)c2n1. The van der Waals surface area contributed by atoms with E-state index in [9.17, 15) is 18.0 Å². The van der Waals surface area contributed by atoms with Crippen molar-refractivity contribution >= 4 is 38.9 Å². The van der Waals surface area contributed by atoms with Gasteiger partial charge in [-0.1, -0.05) is 18.2 Å². The van der Waals surface area contributed by atoms with E-state index in [1.54, 1.807) is 43.6 Å². The molecule has 1 aliphatic rings. The molecule has 0 radical (unpaired) electrons. The number of hydrogen-bond donors (Lipinski definition) is 4. The number of likely N-dealkylation sites (tertiary alicyclic amines) is 1. The smallest absolute Gasteiger partial charge is 0.450 e. The van der Waals surface area contributed by atoms with Crippen LogP contribution in [0.25, 0.3) is 10.9 Å². The number of ether oxygens (including phenoxy) is 1. The summed E-state index contributed by atoms with van der Waals surface area (Å²) in [6, 6.07) is 7.30. The lowest BCUT2D eigenvalue weighted by molar-refractivity contribution is -0.147. The molecule has 37 heavy (non-hydrogen) atoms. The van der Waals surface area contributed by atoms with Gasteiger partial charge in [0.05, 0.1) is 5.52 Å². The molecule has 4 N–H and O–H groups in total. The van der Waals surface area contributed by atoms with Crippen molar-refractivity contribution in [3.8, 4) is 0 Å². The van der Waals surface area contributed by atoms with Gasteiger partial charge in [0.15, 0.2) is 12.2 Å². The Balaban J connectivity index is 1.58. The van der Waals surface area contributed by atoms with E-state index in [0.29, 0.717) is 54.8 Å². The number of piperidine rings is 1. The van der Waals surface area contributed by atoms with Crippen molar-refractivity contribution in [2.75, 3.05) is 18.4 Å². The van der Waals surface area contributed by atoms with Crippen LogP contribution in [0.1, 0.15) is 37.8 Å². The number of amides is 1. The first-order chi connectivity index (χ1) is 17.7. The normalized spacial score (nSPS) is 16.9. The van der Waals surface area contributed by atoms with Crippen molar-refractivity contribution in [3.63, 3.8) is 0 Å². The largest absolute Gasteiger partial charge is 0.507 e. The number of fused-ring (bicyclic) bond motifs is 1. The number of aryl methyl sites for hydroxylation is 1. The summed E-state index contributed by atoms with van der Waals surface area (Å²) in [5.74, 6) is 0.0310. The molecule has 1 aliphatic heterocycles. The first-order valence-electron chi connectivity index (χ1n) is 12.1. The van der Waals surface area contributed by atoms with E-state index in [2.05, 4.69) is 25.0 Å². The van der Waals surface area contributed by atoms with Gasteiger partial charge in [0, 0.05) is 43.0 Å². The summed E-state index contributed by atoms with van der Waals surface area (Å²) in [5, 5.41) is 12.9.